The van der Waals surface area contributed by atoms with Crippen LogP contribution in [-0.4, -0.2) is 24.0 Å². The average Bonchev–Trinajstić information content (AvgIpc) is 3.23. The van der Waals surface area contributed by atoms with Crippen molar-refractivity contribution in [3.63, 3.8) is 0 Å². The quantitative estimate of drug-likeness (QED) is 0.870. The fraction of sp³-hybridized carbons (Fsp3) is 0.294. The van der Waals surface area contributed by atoms with Gasteiger partial charge in [-0.1, -0.05) is 18.2 Å². The van der Waals surface area contributed by atoms with Crippen LogP contribution in [0.15, 0.2) is 41.8 Å². The van der Waals surface area contributed by atoms with Crippen LogP contribution in [0.3, 0.4) is 0 Å². The minimum atomic E-state index is -0.0272. The van der Waals surface area contributed by atoms with Gasteiger partial charge in [-0.15, -0.1) is 11.3 Å². The minimum Gasteiger partial charge on any atom is -0.482 e. The van der Waals surface area contributed by atoms with Gasteiger partial charge in [0.2, 0.25) is 0 Å². The van der Waals surface area contributed by atoms with Crippen LogP contribution in [0.2, 0.25) is 0 Å². The number of nitriles is 1. The van der Waals surface area contributed by atoms with E-state index in [1.54, 1.807) is 35.6 Å². The number of hydrogen-bond donors (Lipinski definition) is 0. The van der Waals surface area contributed by atoms with Gasteiger partial charge in [-0.2, -0.15) is 5.26 Å². The summed E-state index contributed by atoms with van der Waals surface area (Å²) in [7, 11) is 0. The zero-order valence-electron chi connectivity index (χ0n) is 12.1. The molecule has 1 atom stereocenters. The van der Waals surface area contributed by atoms with Crippen molar-refractivity contribution in [2.24, 2.45) is 0 Å². The van der Waals surface area contributed by atoms with Crippen LogP contribution in [-0.2, 0) is 4.79 Å². The molecular formula is C17H16N2O2S. The second-order valence-electron chi connectivity index (χ2n) is 5.16. The second-order valence-corrected chi connectivity index (χ2v) is 6.14. The summed E-state index contributed by atoms with van der Waals surface area (Å²) in [5, 5.41) is 11.1. The molecule has 1 aromatic carbocycles. The van der Waals surface area contributed by atoms with Crippen molar-refractivity contribution in [1.29, 1.82) is 5.26 Å². The number of benzene rings is 1. The first-order valence-corrected chi connectivity index (χ1v) is 8.12. The molecule has 0 radical (unpaired) electrons. The molecule has 3 rings (SSSR count). The number of para-hydroxylation sites is 1. The van der Waals surface area contributed by atoms with Gasteiger partial charge in [0, 0.05) is 11.4 Å². The van der Waals surface area contributed by atoms with Crippen molar-refractivity contribution in [2.45, 2.75) is 18.9 Å². The highest BCUT2D eigenvalue weighted by atomic mass is 32.1. The Kier molecular flexibility index (Phi) is 4.40. The van der Waals surface area contributed by atoms with Gasteiger partial charge >= 0.3 is 0 Å². The first-order valence-electron chi connectivity index (χ1n) is 7.24. The number of carbonyl (C=O) groups is 1. The van der Waals surface area contributed by atoms with E-state index < -0.39 is 0 Å². The van der Waals surface area contributed by atoms with Crippen molar-refractivity contribution in [2.75, 3.05) is 13.2 Å². The third-order valence-electron chi connectivity index (χ3n) is 3.80. The number of nitrogens with zero attached hydrogens (tertiary/aromatic N) is 2. The normalized spacial score (nSPS) is 17.2. The third kappa shape index (κ3) is 2.97. The molecule has 0 unspecified atom stereocenters. The minimum absolute atomic E-state index is 0.0244. The fourth-order valence-corrected chi connectivity index (χ4v) is 3.62. The number of thiophene rings is 1. The summed E-state index contributed by atoms with van der Waals surface area (Å²) in [6.45, 7) is 0.741. The van der Waals surface area contributed by atoms with Crippen LogP contribution >= 0.6 is 11.3 Å². The maximum absolute atomic E-state index is 12.4. The summed E-state index contributed by atoms with van der Waals surface area (Å²) in [6.07, 6.45) is 2.02. The molecule has 1 amide bonds. The Balaban J connectivity index is 1.66. The molecule has 1 saturated heterocycles. The smallest absolute Gasteiger partial charge is 0.261 e. The fourth-order valence-electron chi connectivity index (χ4n) is 2.75. The van der Waals surface area contributed by atoms with E-state index >= 15 is 0 Å². The zero-order chi connectivity index (χ0) is 15.4. The van der Waals surface area contributed by atoms with Crippen molar-refractivity contribution < 1.29 is 9.53 Å². The lowest BCUT2D eigenvalue weighted by atomic mass is 10.2. The Bertz CT molecular complexity index is 691. The molecular weight excluding hydrogens is 296 g/mol. The van der Waals surface area contributed by atoms with Crippen LogP contribution in [0.5, 0.6) is 5.75 Å². The average molecular weight is 312 g/mol. The third-order valence-corrected chi connectivity index (χ3v) is 4.78. The Hall–Kier alpha value is -2.32. The van der Waals surface area contributed by atoms with Crippen LogP contribution < -0.4 is 4.74 Å². The summed E-state index contributed by atoms with van der Waals surface area (Å²) in [4.78, 5) is 15.6. The zero-order valence-corrected chi connectivity index (χ0v) is 12.9. The molecule has 1 aromatic heterocycles. The Labute approximate surface area is 133 Å². The first kappa shape index (κ1) is 14.6. The number of hydrogen-bond acceptors (Lipinski definition) is 4. The van der Waals surface area contributed by atoms with Gasteiger partial charge in [0.25, 0.3) is 5.91 Å². The molecule has 112 valence electrons. The van der Waals surface area contributed by atoms with E-state index in [0.29, 0.717) is 11.3 Å². The summed E-state index contributed by atoms with van der Waals surface area (Å²) in [5.41, 5.74) is 0.450. The molecule has 22 heavy (non-hydrogen) atoms. The number of likely N-dealkylation sites (tertiary alicyclic amines) is 1. The van der Waals surface area contributed by atoms with E-state index in [2.05, 4.69) is 12.1 Å². The van der Waals surface area contributed by atoms with Crippen molar-refractivity contribution in [3.8, 4) is 11.8 Å². The molecule has 0 aliphatic carbocycles. The van der Waals surface area contributed by atoms with E-state index in [1.807, 2.05) is 16.3 Å². The van der Waals surface area contributed by atoms with Gasteiger partial charge in [-0.25, -0.2) is 0 Å². The predicted molar refractivity (Wildman–Crippen MR) is 84.7 cm³/mol. The Morgan fingerprint density at radius 3 is 3.00 bits per heavy atom. The number of rotatable bonds is 4. The Morgan fingerprint density at radius 1 is 1.36 bits per heavy atom. The molecule has 0 saturated carbocycles. The summed E-state index contributed by atoms with van der Waals surface area (Å²) < 4.78 is 5.56. The van der Waals surface area contributed by atoms with E-state index in [0.717, 1.165) is 19.4 Å². The van der Waals surface area contributed by atoms with Crippen LogP contribution in [0, 0.1) is 11.3 Å². The molecule has 0 bridgehead atoms. The van der Waals surface area contributed by atoms with E-state index in [-0.39, 0.29) is 18.6 Å². The standard InChI is InChI=1S/C17H16N2O2S/c18-11-13-5-1-2-7-15(13)21-12-17(20)19-9-3-6-14(19)16-8-4-10-22-16/h1-2,4-5,7-8,10,14H,3,6,9,12H2/t14-/m1/s1. The Morgan fingerprint density at radius 2 is 2.23 bits per heavy atom. The molecule has 2 heterocycles. The molecule has 1 fully saturated rings. The molecule has 2 aromatic rings. The van der Waals surface area contributed by atoms with Crippen molar-refractivity contribution in [1.82, 2.24) is 4.90 Å². The molecule has 0 N–H and O–H groups in total. The maximum atomic E-state index is 12.4. The van der Waals surface area contributed by atoms with Crippen LogP contribution in [0.1, 0.15) is 29.3 Å². The van der Waals surface area contributed by atoms with Crippen molar-refractivity contribution >= 4 is 17.2 Å². The lowest BCUT2D eigenvalue weighted by molar-refractivity contribution is -0.134. The summed E-state index contributed by atoms with van der Waals surface area (Å²) >= 11 is 1.68. The number of amides is 1. The highest BCUT2D eigenvalue weighted by Crippen LogP contribution is 2.34. The molecule has 4 nitrogen and oxygen atoms in total. The lowest BCUT2D eigenvalue weighted by Crippen LogP contribution is -2.34. The molecule has 1 aliphatic rings. The number of carbonyl (C=O) groups excluding carboxylic acids is 1. The molecule has 5 heteroatoms. The maximum Gasteiger partial charge on any atom is 0.261 e. The van der Waals surface area contributed by atoms with Crippen LogP contribution in [0.25, 0.3) is 0 Å². The monoisotopic (exact) mass is 312 g/mol. The topological polar surface area (TPSA) is 53.3 Å². The first-order chi connectivity index (χ1) is 10.8. The largest absolute Gasteiger partial charge is 0.482 e. The number of ether oxygens (including phenoxy) is 1. The van der Waals surface area contributed by atoms with Gasteiger partial charge < -0.3 is 9.64 Å². The predicted octanol–water partition coefficient (Wildman–Crippen LogP) is 3.36. The van der Waals surface area contributed by atoms with Crippen LogP contribution in [0.4, 0.5) is 0 Å². The summed E-state index contributed by atoms with van der Waals surface area (Å²) in [5.74, 6) is 0.439. The van der Waals surface area contributed by atoms with Crippen molar-refractivity contribution in [3.05, 3.63) is 52.2 Å². The van der Waals surface area contributed by atoms with Gasteiger partial charge in [0.15, 0.2) is 6.61 Å². The lowest BCUT2D eigenvalue weighted by Gasteiger charge is -2.24. The SMILES string of the molecule is N#Cc1ccccc1OCC(=O)N1CCC[C@@H]1c1cccs1. The van der Waals surface area contributed by atoms with Gasteiger partial charge in [0.1, 0.15) is 11.8 Å². The van der Waals surface area contributed by atoms with Gasteiger partial charge in [0.05, 0.1) is 11.6 Å². The van der Waals surface area contributed by atoms with E-state index in [4.69, 9.17) is 10.00 Å². The second kappa shape index (κ2) is 6.63. The molecule has 0 spiro atoms. The summed E-state index contributed by atoms with van der Waals surface area (Å²) in [6, 6.07) is 13.3. The highest BCUT2D eigenvalue weighted by Gasteiger charge is 2.30. The highest BCUT2D eigenvalue weighted by molar-refractivity contribution is 7.10. The van der Waals surface area contributed by atoms with Gasteiger partial charge in [-0.05, 0) is 36.4 Å². The van der Waals surface area contributed by atoms with E-state index in [1.165, 1.54) is 4.88 Å². The molecule has 1 aliphatic heterocycles. The van der Waals surface area contributed by atoms with Gasteiger partial charge in [-0.3, -0.25) is 4.79 Å². The van der Waals surface area contributed by atoms with E-state index in [9.17, 15) is 4.79 Å².